The Hall–Kier alpha value is -2.21. The predicted molar refractivity (Wildman–Crippen MR) is 79.2 cm³/mol. The molecule has 0 fully saturated rings. The number of hydrogen-bond acceptors (Lipinski definition) is 4. The molecule has 2 aromatic heterocycles. The molecule has 6 nitrogen and oxygen atoms in total. The van der Waals surface area contributed by atoms with Crippen LogP contribution in [-0.4, -0.2) is 38.2 Å². The third-order valence-electron chi connectivity index (χ3n) is 3.09. The number of aromatic nitrogens is 3. The molecule has 0 radical (unpaired) electrons. The van der Waals surface area contributed by atoms with Crippen LogP contribution in [0.4, 0.5) is 0 Å². The summed E-state index contributed by atoms with van der Waals surface area (Å²) in [6.45, 7) is 4.04. The van der Waals surface area contributed by atoms with Crippen molar-refractivity contribution in [3.05, 3.63) is 42.6 Å². The molecule has 0 saturated carbocycles. The molecule has 0 aliphatic carbocycles. The number of nitrogens with one attached hydrogen (secondary N) is 1. The van der Waals surface area contributed by atoms with Crippen molar-refractivity contribution >= 4 is 5.91 Å². The Balaban J connectivity index is 2.02. The molecule has 0 spiro atoms. The van der Waals surface area contributed by atoms with Crippen LogP contribution in [-0.2, 0) is 0 Å². The lowest BCUT2D eigenvalue weighted by Crippen LogP contribution is -2.38. The van der Waals surface area contributed by atoms with E-state index in [1.807, 2.05) is 0 Å². The number of rotatable bonds is 6. The maximum Gasteiger partial charge on any atom is 0.253 e. The van der Waals surface area contributed by atoms with Crippen molar-refractivity contribution in [3.8, 4) is 5.82 Å². The second-order valence-corrected chi connectivity index (χ2v) is 5.36. The van der Waals surface area contributed by atoms with E-state index in [2.05, 4.69) is 29.1 Å². The van der Waals surface area contributed by atoms with Crippen molar-refractivity contribution in [2.24, 2.45) is 5.92 Å². The molecule has 2 heterocycles. The largest absolute Gasteiger partial charge is 0.394 e. The van der Waals surface area contributed by atoms with Gasteiger partial charge in [-0.2, -0.15) is 0 Å². The molecule has 0 aromatic carbocycles. The fraction of sp³-hybridized carbons (Fsp3) is 0.400. The van der Waals surface area contributed by atoms with Gasteiger partial charge in [0.25, 0.3) is 5.91 Å². The van der Waals surface area contributed by atoms with E-state index in [9.17, 15) is 9.90 Å². The summed E-state index contributed by atoms with van der Waals surface area (Å²) >= 11 is 0. The molecule has 1 amide bonds. The molecule has 2 rings (SSSR count). The third kappa shape index (κ3) is 4.13. The molecule has 1 unspecified atom stereocenters. The monoisotopic (exact) mass is 288 g/mol. The van der Waals surface area contributed by atoms with Crippen LogP contribution in [0.5, 0.6) is 0 Å². The number of hydrogen-bond donors (Lipinski definition) is 2. The van der Waals surface area contributed by atoms with Crippen molar-refractivity contribution in [1.82, 2.24) is 19.9 Å². The fourth-order valence-corrected chi connectivity index (χ4v) is 2.08. The average Bonchev–Trinajstić information content (AvgIpc) is 3.00. The summed E-state index contributed by atoms with van der Waals surface area (Å²) in [6.07, 6.45) is 7.36. The van der Waals surface area contributed by atoms with Gasteiger partial charge in [-0.05, 0) is 24.5 Å². The van der Waals surface area contributed by atoms with Gasteiger partial charge in [0, 0.05) is 18.6 Å². The van der Waals surface area contributed by atoms with Crippen LogP contribution in [0.1, 0.15) is 30.6 Å². The Kier molecular flexibility index (Phi) is 5.05. The van der Waals surface area contributed by atoms with Crippen molar-refractivity contribution < 1.29 is 9.90 Å². The van der Waals surface area contributed by atoms with Crippen molar-refractivity contribution in [2.75, 3.05) is 6.61 Å². The molecule has 2 aromatic rings. The zero-order chi connectivity index (χ0) is 15.2. The standard InChI is InChI=1S/C15H20N4O2/c1-11(2)7-13(9-20)18-15(21)12-3-4-14(17-8-12)19-6-5-16-10-19/h3-6,8,10-11,13,20H,7,9H2,1-2H3,(H,18,21). The first-order valence-electron chi connectivity index (χ1n) is 6.96. The quantitative estimate of drug-likeness (QED) is 0.842. The Morgan fingerprint density at radius 3 is 2.76 bits per heavy atom. The van der Waals surface area contributed by atoms with Crippen LogP contribution in [0.25, 0.3) is 5.82 Å². The van der Waals surface area contributed by atoms with E-state index in [1.165, 1.54) is 6.20 Å². The Bertz CT molecular complexity index is 564. The van der Waals surface area contributed by atoms with E-state index in [-0.39, 0.29) is 18.6 Å². The molecule has 0 aliphatic heterocycles. The van der Waals surface area contributed by atoms with E-state index in [0.29, 0.717) is 17.3 Å². The number of carbonyl (C=O) groups is 1. The molecule has 0 saturated heterocycles. The number of amides is 1. The number of aliphatic hydroxyl groups is 1. The highest BCUT2D eigenvalue weighted by atomic mass is 16.3. The second-order valence-electron chi connectivity index (χ2n) is 5.36. The molecular formula is C15H20N4O2. The average molecular weight is 288 g/mol. The molecule has 1 atom stereocenters. The molecule has 0 bridgehead atoms. The lowest BCUT2D eigenvalue weighted by Gasteiger charge is -2.18. The van der Waals surface area contributed by atoms with E-state index < -0.39 is 0 Å². The van der Waals surface area contributed by atoms with Gasteiger partial charge in [-0.15, -0.1) is 0 Å². The topological polar surface area (TPSA) is 80.0 Å². The van der Waals surface area contributed by atoms with E-state index in [1.54, 1.807) is 35.4 Å². The fourth-order valence-electron chi connectivity index (χ4n) is 2.08. The van der Waals surface area contributed by atoms with Crippen LogP contribution in [0, 0.1) is 5.92 Å². The van der Waals surface area contributed by atoms with Crippen LogP contribution in [0.3, 0.4) is 0 Å². The molecule has 0 aliphatic rings. The summed E-state index contributed by atoms with van der Waals surface area (Å²) in [5.74, 6) is 0.883. The van der Waals surface area contributed by atoms with Gasteiger partial charge in [0.1, 0.15) is 12.1 Å². The first kappa shape index (κ1) is 15.2. The molecular weight excluding hydrogens is 268 g/mol. The number of nitrogens with zero attached hydrogens (tertiary/aromatic N) is 3. The van der Waals surface area contributed by atoms with Gasteiger partial charge in [-0.1, -0.05) is 13.8 Å². The maximum absolute atomic E-state index is 12.1. The minimum atomic E-state index is -0.231. The number of imidazole rings is 1. The Morgan fingerprint density at radius 2 is 2.24 bits per heavy atom. The zero-order valence-electron chi connectivity index (χ0n) is 12.2. The minimum absolute atomic E-state index is 0.0650. The zero-order valence-corrected chi connectivity index (χ0v) is 12.2. The normalized spacial score (nSPS) is 12.4. The van der Waals surface area contributed by atoms with Gasteiger partial charge in [-0.25, -0.2) is 9.97 Å². The number of carbonyl (C=O) groups excluding carboxylic acids is 1. The van der Waals surface area contributed by atoms with Gasteiger partial charge >= 0.3 is 0 Å². The number of pyridine rings is 1. The van der Waals surface area contributed by atoms with Gasteiger partial charge in [0.15, 0.2) is 0 Å². The summed E-state index contributed by atoms with van der Waals surface area (Å²) in [5, 5.41) is 12.1. The predicted octanol–water partition coefficient (Wildman–Crippen LogP) is 1.40. The van der Waals surface area contributed by atoms with Gasteiger partial charge in [-0.3, -0.25) is 9.36 Å². The van der Waals surface area contributed by atoms with Crippen LogP contribution in [0.15, 0.2) is 37.1 Å². The second kappa shape index (κ2) is 6.99. The Labute approximate surface area is 123 Å². The molecule has 6 heteroatoms. The number of aliphatic hydroxyl groups excluding tert-OH is 1. The van der Waals surface area contributed by atoms with Crippen LogP contribution < -0.4 is 5.32 Å². The molecule has 2 N–H and O–H groups in total. The van der Waals surface area contributed by atoms with Gasteiger partial charge in [0.05, 0.1) is 18.2 Å². The van der Waals surface area contributed by atoms with Crippen LogP contribution >= 0.6 is 0 Å². The summed E-state index contributed by atoms with van der Waals surface area (Å²) < 4.78 is 1.76. The SMILES string of the molecule is CC(C)CC(CO)NC(=O)c1ccc(-n2ccnc2)nc1. The van der Waals surface area contributed by atoms with Gasteiger partial charge < -0.3 is 10.4 Å². The van der Waals surface area contributed by atoms with Crippen LogP contribution in [0.2, 0.25) is 0 Å². The third-order valence-corrected chi connectivity index (χ3v) is 3.09. The van der Waals surface area contributed by atoms with Crippen molar-refractivity contribution in [2.45, 2.75) is 26.3 Å². The highest BCUT2D eigenvalue weighted by Gasteiger charge is 2.14. The highest BCUT2D eigenvalue weighted by molar-refractivity contribution is 5.94. The molecule has 21 heavy (non-hydrogen) atoms. The lowest BCUT2D eigenvalue weighted by atomic mass is 10.0. The summed E-state index contributed by atoms with van der Waals surface area (Å²) in [7, 11) is 0. The van der Waals surface area contributed by atoms with Crippen molar-refractivity contribution in [1.29, 1.82) is 0 Å². The van der Waals surface area contributed by atoms with Gasteiger partial charge in [0.2, 0.25) is 0 Å². The van der Waals surface area contributed by atoms with Crippen molar-refractivity contribution in [3.63, 3.8) is 0 Å². The van der Waals surface area contributed by atoms with E-state index >= 15 is 0 Å². The first-order chi connectivity index (χ1) is 10.1. The molecule has 112 valence electrons. The summed E-state index contributed by atoms with van der Waals surface area (Å²) in [4.78, 5) is 20.3. The van der Waals surface area contributed by atoms with E-state index in [4.69, 9.17) is 0 Å². The maximum atomic E-state index is 12.1. The summed E-state index contributed by atoms with van der Waals surface area (Å²) in [5.41, 5.74) is 0.473. The lowest BCUT2D eigenvalue weighted by molar-refractivity contribution is 0.0908. The highest BCUT2D eigenvalue weighted by Crippen LogP contribution is 2.08. The Morgan fingerprint density at radius 1 is 1.43 bits per heavy atom. The summed E-state index contributed by atoms with van der Waals surface area (Å²) in [6, 6.07) is 3.24. The minimum Gasteiger partial charge on any atom is -0.394 e. The van der Waals surface area contributed by atoms with E-state index in [0.717, 1.165) is 6.42 Å². The smallest absolute Gasteiger partial charge is 0.253 e. The first-order valence-corrected chi connectivity index (χ1v) is 6.96.